The van der Waals surface area contributed by atoms with Crippen LogP contribution in [-0.2, 0) is 4.74 Å². The van der Waals surface area contributed by atoms with E-state index < -0.39 is 0 Å². The maximum absolute atomic E-state index is 5.40. The molecule has 116 valence electrons. The number of nitrogens with one attached hydrogen (secondary N) is 1. The molecule has 0 aliphatic carbocycles. The van der Waals surface area contributed by atoms with E-state index in [1.54, 1.807) is 0 Å². The quantitative estimate of drug-likeness (QED) is 0.906. The van der Waals surface area contributed by atoms with E-state index in [0.717, 1.165) is 53.5 Å². The van der Waals surface area contributed by atoms with Crippen molar-refractivity contribution in [3.8, 4) is 0 Å². The number of aryl methyl sites for hydroxylation is 2. The molecule has 3 rings (SSSR count). The highest BCUT2D eigenvalue weighted by Gasteiger charge is 2.14. The third kappa shape index (κ3) is 3.56. The molecule has 1 aliphatic rings. The Morgan fingerprint density at radius 3 is 2.64 bits per heavy atom. The van der Waals surface area contributed by atoms with Crippen LogP contribution in [0.3, 0.4) is 0 Å². The van der Waals surface area contributed by atoms with E-state index in [1.807, 2.05) is 25.1 Å². The molecule has 1 saturated heterocycles. The molecule has 0 atom stereocenters. The first-order chi connectivity index (χ1) is 10.6. The molecule has 2 heterocycles. The fourth-order valence-electron chi connectivity index (χ4n) is 2.45. The van der Waals surface area contributed by atoms with E-state index in [-0.39, 0.29) is 0 Å². The largest absolute Gasteiger partial charge is 0.378 e. The van der Waals surface area contributed by atoms with Crippen LogP contribution in [-0.4, -0.2) is 36.3 Å². The van der Waals surface area contributed by atoms with Crippen molar-refractivity contribution in [3.05, 3.63) is 40.0 Å². The van der Waals surface area contributed by atoms with Crippen molar-refractivity contribution in [2.75, 3.05) is 36.5 Å². The van der Waals surface area contributed by atoms with Crippen molar-refractivity contribution in [2.24, 2.45) is 0 Å². The Kier molecular flexibility index (Phi) is 4.59. The van der Waals surface area contributed by atoms with Crippen molar-refractivity contribution in [2.45, 2.75) is 13.8 Å². The van der Waals surface area contributed by atoms with Gasteiger partial charge in [0.25, 0.3) is 0 Å². The number of halogens is 1. The van der Waals surface area contributed by atoms with Crippen molar-refractivity contribution in [1.82, 2.24) is 9.97 Å². The summed E-state index contributed by atoms with van der Waals surface area (Å²) in [7, 11) is 0. The summed E-state index contributed by atoms with van der Waals surface area (Å²) in [6.07, 6.45) is 0. The second kappa shape index (κ2) is 6.62. The fourth-order valence-corrected chi connectivity index (χ4v) is 2.93. The monoisotopic (exact) mass is 362 g/mol. The van der Waals surface area contributed by atoms with Gasteiger partial charge in [0, 0.05) is 35.0 Å². The molecule has 22 heavy (non-hydrogen) atoms. The molecule has 1 aromatic heterocycles. The molecule has 1 aliphatic heterocycles. The lowest BCUT2D eigenvalue weighted by molar-refractivity contribution is 0.122. The number of benzene rings is 1. The third-order valence-corrected chi connectivity index (χ3v) is 4.10. The van der Waals surface area contributed by atoms with Crippen LogP contribution in [0.4, 0.5) is 17.5 Å². The molecule has 0 spiro atoms. The van der Waals surface area contributed by atoms with Crippen molar-refractivity contribution < 1.29 is 4.74 Å². The van der Waals surface area contributed by atoms with Crippen LogP contribution < -0.4 is 10.2 Å². The zero-order valence-corrected chi connectivity index (χ0v) is 14.4. The summed E-state index contributed by atoms with van der Waals surface area (Å²) in [5.41, 5.74) is 3.11. The van der Waals surface area contributed by atoms with E-state index in [2.05, 4.69) is 49.1 Å². The number of hydrogen-bond acceptors (Lipinski definition) is 5. The van der Waals surface area contributed by atoms with E-state index in [9.17, 15) is 0 Å². The summed E-state index contributed by atoms with van der Waals surface area (Å²) in [5.74, 6) is 1.58. The minimum absolute atomic E-state index is 0.631. The van der Waals surface area contributed by atoms with E-state index in [0.29, 0.717) is 5.95 Å². The van der Waals surface area contributed by atoms with Crippen molar-refractivity contribution >= 4 is 33.4 Å². The summed E-state index contributed by atoms with van der Waals surface area (Å²) >= 11 is 3.48. The average molecular weight is 363 g/mol. The predicted molar refractivity (Wildman–Crippen MR) is 92.0 cm³/mol. The molecule has 1 fully saturated rings. The fraction of sp³-hybridized carbons (Fsp3) is 0.375. The number of anilines is 3. The number of rotatable bonds is 3. The topological polar surface area (TPSA) is 50.3 Å². The van der Waals surface area contributed by atoms with Crippen molar-refractivity contribution in [1.29, 1.82) is 0 Å². The highest BCUT2D eigenvalue weighted by atomic mass is 79.9. The van der Waals surface area contributed by atoms with Gasteiger partial charge in [-0.3, -0.25) is 0 Å². The normalized spacial score (nSPS) is 15.0. The van der Waals surface area contributed by atoms with E-state index >= 15 is 0 Å². The first-order valence-electron chi connectivity index (χ1n) is 7.33. The number of morpholine rings is 1. The average Bonchev–Trinajstić information content (AvgIpc) is 2.50. The molecule has 0 unspecified atom stereocenters. The van der Waals surface area contributed by atoms with E-state index in [1.165, 1.54) is 0 Å². The molecule has 2 aromatic rings. The lowest BCUT2D eigenvalue weighted by atomic mass is 10.2. The van der Waals surface area contributed by atoms with Gasteiger partial charge in [-0.2, -0.15) is 4.98 Å². The Morgan fingerprint density at radius 2 is 1.91 bits per heavy atom. The highest BCUT2D eigenvalue weighted by molar-refractivity contribution is 9.10. The van der Waals surface area contributed by atoms with Crippen LogP contribution in [0.2, 0.25) is 0 Å². The van der Waals surface area contributed by atoms with Gasteiger partial charge in [-0.1, -0.05) is 15.9 Å². The standard InChI is InChI=1S/C16H19BrN4O/c1-11-9-13(17)3-4-14(11)19-16-18-12(2)10-15(20-16)21-5-7-22-8-6-21/h3-4,9-10H,5-8H2,1-2H3,(H,18,19,20). The number of hydrogen-bond donors (Lipinski definition) is 1. The Labute approximate surface area is 138 Å². The maximum Gasteiger partial charge on any atom is 0.229 e. The molecule has 1 aromatic carbocycles. The van der Waals surface area contributed by atoms with Crippen molar-refractivity contribution in [3.63, 3.8) is 0 Å². The summed E-state index contributed by atoms with van der Waals surface area (Å²) in [6.45, 7) is 7.28. The van der Waals surface area contributed by atoms with Gasteiger partial charge in [-0.15, -0.1) is 0 Å². The molecule has 0 radical (unpaired) electrons. The van der Waals surface area contributed by atoms with Crippen LogP contribution in [0.1, 0.15) is 11.3 Å². The Morgan fingerprint density at radius 1 is 1.14 bits per heavy atom. The first-order valence-corrected chi connectivity index (χ1v) is 8.13. The van der Waals surface area contributed by atoms with Crippen LogP contribution in [0.25, 0.3) is 0 Å². The zero-order chi connectivity index (χ0) is 15.5. The van der Waals surface area contributed by atoms with Crippen LogP contribution >= 0.6 is 15.9 Å². The Bertz CT molecular complexity index is 671. The van der Waals surface area contributed by atoms with Gasteiger partial charge >= 0.3 is 0 Å². The highest BCUT2D eigenvalue weighted by Crippen LogP contribution is 2.24. The van der Waals surface area contributed by atoms with Crippen LogP contribution in [0.5, 0.6) is 0 Å². The predicted octanol–water partition coefficient (Wildman–Crippen LogP) is 3.44. The van der Waals surface area contributed by atoms with Crippen LogP contribution in [0, 0.1) is 13.8 Å². The molecular formula is C16H19BrN4O. The van der Waals surface area contributed by atoms with Gasteiger partial charge in [0.2, 0.25) is 5.95 Å². The first kappa shape index (κ1) is 15.2. The lowest BCUT2D eigenvalue weighted by Gasteiger charge is -2.28. The Hall–Kier alpha value is -1.66. The van der Waals surface area contributed by atoms with Crippen LogP contribution in [0.15, 0.2) is 28.7 Å². The number of ether oxygens (including phenoxy) is 1. The van der Waals surface area contributed by atoms with Gasteiger partial charge < -0.3 is 15.0 Å². The van der Waals surface area contributed by atoms with Gasteiger partial charge in [-0.05, 0) is 37.6 Å². The SMILES string of the molecule is Cc1cc(N2CCOCC2)nc(Nc2ccc(Br)cc2C)n1. The lowest BCUT2D eigenvalue weighted by Crippen LogP contribution is -2.36. The second-order valence-corrected chi connectivity index (χ2v) is 6.29. The molecule has 0 amide bonds. The minimum atomic E-state index is 0.631. The second-order valence-electron chi connectivity index (χ2n) is 5.37. The molecule has 6 heteroatoms. The molecule has 0 saturated carbocycles. The van der Waals surface area contributed by atoms with E-state index in [4.69, 9.17) is 4.74 Å². The summed E-state index contributed by atoms with van der Waals surface area (Å²) in [6, 6.07) is 8.12. The minimum Gasteiger partial charge on any atom is -0.378 e. The Balaban J connectivity index is 1.85. The maximum atomic E-state index is 5.40. The van der Waals surface area contributed by atoms with Gasteiger partial charge in [0.15, 0.2) is 0 Å². The van der Waals surface area contributed by atoms with Gasteiger partial charge in [0.1, 0.15) is 5.82 Å². The van der Waals surface area contributed by atoms with Gasteiger partial charge in [-0.25, -0.2) is 4.98 Å². The third-order valence-electron chi connectivity index (χ3n) is 3.61. The molecule has 1 N–H and O–H groups in total. The summed E-state index contributed by atoms with van der Waals surface area (Å²) in [5, 5.41) is 3.32. The molecule has 0 bridgehead atoms. The van der Waals surface area contributed by atoms with Gasteiger partial charge in [0.05, 0.1) is 13.2 Å². The summed E-state index contributed by atoms with van der Waals surface area (Å²) in [4.78, 5) is 11.4. The zero-order valence-electron chi connectivity index (χ0n) is 12.8. The molecular weight excluding hydrogens is 344 g/mol. The smallest absolute Gasteiger partial charge is 0.229 e. The number of nitrogens with zero attached hydrogens (tertiary/aromatic N) is 3. The summed E-state index contributed by atoms with van der Waals surface area (Å²) < 4.78 is 6.46. The number of aromatic nitrogens is 2. The molecule has 5 nitrogen and oxygen atoms in total.